The summed E-state index contributed by atoms with van der Waals surface area (Å²) in [6.45, 7) is 1.56. The molecule has 0 atom stereocenters. The molecule has 5 nitrogen and oxygen atoms in total. The number of amides is 1. The van der Waals surface area contributed by atoms with Crippen molar-refractivity contribution in [1.82, 2.24) is 14.9 Å². The number of hydrogen-bond acceptors (Lipinski definition) is 4. The Bertz CT molecular complexity index is 636. The lowest BCUT2D eigenvalue weighted by atomic mass is 9.90. The summed E-state index contributed by atoms with van der Waals surface area (Å²) in [6.07, 6.45) is 6.79. The van der Waals surface area contributed by atoms with E-state index in [-0.39, 0.29) is 5.91 Å². The van der Waals surface area contributed by atoms with Crippen molar-refractivity contribution in [1.29, 1.82) is 0 Å². The highest BCUT2D eigenvalue weighted by Crippen LogP contribution is 2.22. The van der Waals surface area contributed by atoms with Crippen molar-refractivity contribution in [3.63, 3.8) is 0 Å². The van der Waals surface area contributed by atoms with E-state index in [0.717, 1.165) is 32.4 Å². The van der Waals surface area contributed by atoms with Crippen molar-refractivity contribution in [2.24, 2.45) is 5.92 Å². The van der Waals surface area contributed by atoms with Crippen molar-refractivity contribution < 1.29 is 4.79 Å². The molecule has 0 aromatic carbocycles. The second-order valence-electron chi connectivity index (χ2n) is 5.75. The first-order valence-electron chi connectivity index (χ1n) is 7.63. The van der Waals surface area contributed by atoms with Gasteiger partial charge in [-0.1, -0.05) is 12.1 Å². The fourth-order valence-electron chi connectivity index (χ4n) is 2.92. The second kappa shape index (κ2) is 6.56. The quantitative estimate of drug-likeness (QED) is 0.942. The van der Waals surface area contributed by atoms with Crippen LogP contribution in [0.1, 0.15) is 28.9 Å². The minimum absolute atomic E-state index is 0.0212. The molecule has 0 aliphatic carbocycles. The van der Waals surface area contributed by atoms with Gasteiger partial charge in [0.15, 0.2) is 0 Å². The zero-order valence-corrected chi connectivity index (χ0v) is 12.5. The second-order valence-corrected chi connectivity index (χ2v) is 5.75. The summed E-state index contributed by atoms with van der Waals surface area (Å²) in [5.41, 5.74) is 7.35. The van der Waals surface area contributed by atoms with Crippen molar-refractivity contribution in [3.05, 3.63) is 54.0 Å². The van der Waals surface area contributed by atoms with E-state index in [9.17, 15) is 4.79 Å². The van der Waals surface area contributed by atoms with E-state index >= 15 is 0 Å². The van der Waals surface area contributed by atoms with E-state index in [1.165, 1.54) is 5.56 Å². The number of likely N-dealkylation sites (tertiary alicyclic amines) is 1. The Hall–Kier alpha value is -2.43. The highest BCUT2D eigenvalue weighted by molar-refractivity contribution is 5.92. The van der Waals surface area contributed by atoms with Crippen LogP contribution in [0.4, 0.5) is 5.82 Å². The van der Waals surface area contributed by atoms with Gasteiger partial charge in [0.25, 0.3) is 5.91 Å². The first-order chi connectivity index (χ1) is 10.7. The summed E-state index contributed by atoms with van der Waals surface area (Å²) < 4.78 is 0. The topological polar surface area (TPSA) is 72.1 Å². The van der Waals surface area contributed by atoms with Crippen LogP contribution < -0.4 is 5.73 Å². The van der Waals surface area contributed by atoms with Gasteiger partial charge in [-0.2, -0.15) is 0 Å². The maximum Gasteiger partial charge on any atom is 0.272 e. The van der Waals surface area contributed by atoms with Crippen LogP contribution in [0.5, 0.6) is 0 Å². The number of anilines is 1. The molecule has 1 fully saturated rings. The van der Waals surface area contributed by atoms with Crippen LogP contribution in [0, 0.1) is 5.92 Å². The minimum Gasteiger partial charge on any atom is -0.384 e. The Morgan fingerprint density at radius 3 is 2.73 bits per heavy atom. The molecule has 3 heterocycles. The first-order valence-corrected chi connectivity index (χ1v) is 7.63. The molecule has 1 saturated heterocycles. The van der Waals surface area contributed by atoms with Gasteiger partial charge in [-0.3, -0.25) is 9.78 Å². The van der Waals surface area contributed by atoms with Crippen LogP contribution >= 0.6 is 0 Å². The maximum atomic E-state index is 12.4. The van der Waals surface area contributed by atoms with Crippen molar-refractivity contribution in [2.75, 3.05) is 18.8 Å². The van der Waals surface area contributed by atoms with Crippen LogP contribution in [0.2, 0.25) is 0 Å². The van der Waals surface area contributed by atoms with E-state index in [4.69, 9.17) is 5.73 Å². The highest BCUT2D eigenvalue weighted by atomic mass is 16.2. The van der Waals surface area contributed by atoms with Gasteiger partial charge < -0.3 is 10.6 Å². The number of nitrogen functional groups attached to an aromatic ring is 1. The molecule has 2 aromatic rings. The Kier molecular flexibility index (Phi) is 4.32. The van der Waals surface area contributed by atoms with Crippen LogP contribution in [0.15, 0.2) is 42.7 Å². The smallest absolute Gasteiger partial charge is 0.272 e. The number of nitrogens with two attached hydrogens (primary N) is 1. The number of rotatable bonds is 3. The fourth-order valence-corrected chi connectivity index (χ4v) is 2.92. The normalized spacial score (nSPS) is 15.7. The van der Waals surface area contributed by atoms with Gasteiger partial charge in [-0.25, -0.2) is 4.98 Å². The highest BCUT2D eigenvalue weighted by Gasteiger charge is 2.24. The molecular formula is C17H20N4O. The number of nitrogens with zero attached hydrogens (tertiary/aromatic N) is 3. The van der Waals surface area contributed by atoms with Gasteiger partial charge in [-0.05, 0) is 48.9 Å². The molecule has 0 saturated carbocycles. The van der Waals surface area contributed by atoms with E-state index in [2.05, 4.69) is 16.0 Å². The predicted molar refractivity (Wildman–Crippen MR) is 85.2 cm³/mol. The van der Waals surface area contributed by atoms with Crippen molar-refractivity contribution in [2.45, 2.75) is 19.3 Å². The van der Waals surface area contributed by atoms with E-state index < -0.39 is 0 Å². The summed E-state index contributed by atoms with van der Waals surface area (Å²) in [5.74, 6) is 0.978. The van der Waals surface area contributed by atoms with Gasteiger partial charge in [0.1, 0.15) is 11.5 Å². The Morgan fingerprint density at radius 2 is 2.05 bits per heavy atom. The number of carbonyl (C=O) groups is 1. The van der Waals surface area contributed by atoms with Crippen LogP contribution in [0.3, 0.4) is 0 Å². The summed E-state index contributed by atoms with van der Waals surface area (Å²) in [5, 5.41) is 0. The van der Waals surface area contributed by atoms with Gasteiger partial charge in [-0.15, -0.1) is 0 Å². The standard InChI is InChI=1S/C17H20N4O/c18-16-5-1-4-15(20-16)17(22)21-9-6-13(7-10-21)11-14-3-2-8-19-12-14/h1-5,8,12-13H,6-7,9-11H2,(H2,18,20). The molecule has 2 N–H and O–H groups in total. The van der Waals surface area contributed by atoms with Crippen LogP contribution in [-0.4, -0.2) is 33.9 Å². The number of aromatic nitrogens is 2. The Labute approximate surface area is 130 Å². The monoisotopic (exact) mass is 296 g/mol. The summed E-state index contributed by atoms with van der Waals surface area (Å²) in [6, 6.07) is 9.27. The van der Waals surface area contributed by atoms with E-state index in [1.807, 2.05) is 17.2 Å². The molecule has 0 unspecified atom stereocenters. The predicted octanol–water partition coefficient (Wildman–Crippen LogP) is 2.15. The Balaban J connectivity index is 1.56. The molecular weight excluding hydrogens is 276 g/mol. The first kappa shape index (κ1) is 14.5. The average Bonchev–Trinajstić information content (AvgIpc) is 2.56. The molecule has 1 aliphatic rings. The lowest BCUT2D eigenvalue weighted by Crippen LogP contribution is -2.39. The maximum absolute atomic E-state index is 12.4. The summed E-state index contributed by atoms with van der Waals surface area (Å²) >= 11 is 0. The van der Waals surface area contributed by atoms with Gasteiger partial charge in [0.05, 0.1) is 0 Å². The van der Waals surface area contributed by atoms with Crippen LogP contribution in [0.25, 0.3) is 0 Å². The van der Waals surface area contributed by atoms with Gasteiger partial charge >= 0.3 is 0 Å². The van der Waals surface area contributed by atoms with Gasteiger partial charge in [0, 0.05) is 25.5 Å². The molecule has 0 spiro atoms. The molecule has 0 bridgehead atoms. The molecule has 22 heavy (non-hydrogen) atoms. The van der Waals surface area contributed by atoms with E-state index in [1.54, 1.807) is 24.4 Å². The average molecular weight is 296 g/mol. The lowest BCUT2D eigenvalue weighted by molar-refractivity contribution is 0.0684. The molecule has 1 aliphatic heterocycles. The zero-order chi connectivity index (χ0) is 15.4. The molecule has 114 valence electrons. The van der Waals surface area contributed by atoms with Gasteiger partial charge in [0.2, 0.25) is 0 Å². The van der Waals surface area contributed by atoms with Crippen molar-refractivity contribution in [3.8, 4) is 0 Å². The molecule has 5 heteroatoms. The summed E-state index contributed by atoms with van der Waals surface area (Å²) in [4.78, 5) is 22.6. The lowest BCUT2D eigenvalue weighted by Gasteiger charge is -2.31. The zero-order valence-electron chi connectivity index (χ0n) is 12.5. The third-order valence-corrected chi connectivity index (χ3v) is 4.14. The largest absolute Gasteiger partial charge is 0.384 e. The van der Waals surface area contributed by atoms with E-state index in [0.29, 0.717) is 17.4 Å². The SMILES string of the molecule is Nc1cccc(C(=O)N2CCC(Cc3cccnc3)CC2)n1. The van der Waals surface area contributed by atoms with Crippen LogP contribution in [-0.2, 0) is 6.42 Å². The number of piperidine rings is 1. The molecule has 3 rings (SSSR count). The number of pyridine rings is 2. The van der Waals surface area contributed by atoms with Crippen molar-refractivity contribution >= 4 is 11.7 Å². The molecule has 0 radical (unpaired) electrons. The fraction of sp³-hybridized carbons (Fsp3) is 0.353. The minimum atomic E-state index is -0.0212. The third kappa shape index (κ3) is 3.42. The number of carbonyl (C=O) groups excluding carboxylic acids is 1. The molecule has 2 aromatic heterocycles. The third-order valence-electron chi connectivity index (χ3n) is 4.14. The molecule has 1 amide bonds. The summed E-state index contributed by atoms with van der Waals surface area (Å²) in [7, 11) is 0. The Morgan fingerprint density at radius 1 is 1.23 bits per heavy atom. The number of hydrogen-bond donors (Lipinski definition) is 1.